The van der Waals surface area contributed by atoms with Crippen molar-refractivity contribution in [3.63, 3.8) is 0 Å². The molecule has 7 heteroatoms. The van der Waals surface area contributed by atoms with Gasteiger partial charge < -0.3 is 15.0 Å². The minimum absolute atomic E-state index is 0.216. The highest BCUT2D eigenvalue weighted by atomic mass is 32.1. The SMILES string of the molecule is COc1ccccc1C1CCCc2sc(Nc3ccc(-c4ncc(C)[nH]4)c(F)c3)nc21. The summed E-state index contributed by atoms with van der Waals surface area (Å²) in [6.07, 6.45) is 4.87. The first-order chi connectivity index (χ1) is 15.1. The third-order valence-corrected chi connectivity index (χ3v) is 6.69. The Bertz CT molecular complexity index is 1230. The van der Waals surface area contributed by atoms with Crippen LogP contribution in [0.4, 0.5) is 15.2 Å². The maximum Gasteiger partial charge on any atom is 0.187 e. The smallest absolute Gasteiger partial charge is 0.187 e. The summed E-state index contributed by atoms with van der Waals surface area (Å²) in [6, 6.07) is 13.2. The highest BCUT2D eigenvalue weighted by molar-refractivity contribution is 7.15. The average Bonchev–Trinajstić information content (AvgIpc) is 3.39. The van der Waals surface area contributed by atoms with Crippen LogP contribution in [-0.4, -0.2) is 22.1 Å². The van der Waals surface area contributed by atoms with E-state index in [4.69, 9.17) is 9.72 Å². The van der Waals surface area contributed by atoms with Crippen LogP contribution in [-0.2, 0) is 6.42 Å². The Morgan fingerprint density at radius 3 is 2.87 bits per heavy atom. The Balaban J connectivity index is 1.42. The number of aromatic nitrogens is 3. The lowest BCUT2D eigenvalue weighted by molar-refractivity contribution is 0.405. The van der Waals surface area contributed by atoms with Gasteiger partial charge in [0.2, 0.25) is 0 Å². The first-order valence-electron chi connectivity index (χ1n) is 10.3. The molecule has 5 rings (SSSR count). The van der Waals surface area contributed by atoms with Crippen molar-refractivity contribution in [1.82, 2.24) is 15.0 Å². The van der Waals surface area contributed by atoms with Crippen LogP contribution in [0.2, 0.25) is 0 Å². The number of nitrogens with zero attached hydrogens (tertiary/aromatic N) is 2. The van der Waals surface area contributed by atoms with E-state index in [9.17, 15) is 4.39 Å². The molecule has 1 aliphatic carbocycles. The number of imidazole rings is 1. The number of aryl methyl sites for hydroxylation is 2. The molecular weight excluding hydrogens is 411 g/mol. The van der Waals surface area contributed by atoms with Crippen LogP contribution in [0.15, 0.2) is 48.7 Å². The molecule has 0 saturated heterocycles. The van der Waals surface area contributed by atoms with Gasteiger partial charge in [0.1, 0.15) is 17.4 Å². The Labute approximate surface area is 184 Å². The predicted octanol–water partition coefficient (Wildman–Crippen LogP) is 6.20. The second-order valence-corrected chi connectivity index (χ2v) is 8.83. The molecule has 0 amide bonds. The number of thiazole rings is 1. The Hall–Kier alpha value is -3.19. The predicted molar refractivity (Wildman–Crippen MR) is 122 cm³/mol. The van der Waals surface area contributed by atoms with E-state index in [2.05, 4.69) is 21.4 Å². The summed E-state index contributed by atoms with van der Waals surface area (Å²) in [7, 11) is 1.71. The Morgan fingerprint density at radius 1 is 1.23 bits per heavy atom. The number of methoxy groups -OCH3 is 1. The molecule has 158 valence electrons. The monoisotopic (exact) mass is 434 g/mol. The minimum Gasteiger partial charge on any atom is -0.496 e. The fourth-order valence-electron chi connectivity index (χ4n) is 4.19. The number of para-hydroxylation sites is 1. The molecule has 2 aromatic carbocycles. The van der Waals surface area contributed by atoms with E-state index in [1.807, 2.05) is 31.2 Å². The van der Waals surface area contributed by atoms with Gasteiger partial charge in [-0.05, 0) is 50.5 Å². The number of H-pyrrole nitrogens is 1. The Morgan fingerprint density at radius 2 is 2.10 bits per heavy atom. The number of nitrogens with one attached hydrogen (secondary N) is 2. The second-order valence-electron chi connectivity index (χ2n) is 7.75. The molecule has 1 unspecified atom stereocenters. The molecule has 0 saturated carbocycles. The lowest BCUT2D eigenvalue weighted by Crippen LogP contribution is -2.11. The molecule has 0 spiro atoms. The van der Waals surface area contributed by atoms with Crippen molar-refractivity contribution >= 4 is 22.2 Å². The molecule has 4 aromatic rings. The molecule has 5 nitrogen and oxygen atoms in total. The normalized spacial score (nSPS) is 15.5. The highest BCUT2D eigenvalue weighted by Gasteiger charge is 2.28. The number of hydrogen-bond acceptors (Lipinski definition) is 5. The van der Waals surface area contributed by atoms with Crippen LogP contribution in [0.5, 0.6) is 5.75 Å². The number of rotatable bonds is 5. The van der Waals surface area contributed by atoms with E-state index in [0.717, 1.165) is 41.5 Å². The first-order valence-corrected chi connectivity index (χ1v) is 11.1. The van der Waals surface area contributed by atoms with Gasteiger partial charge in [-0.25, -0.2) is 14.4 Å². The molecule has 2 N–H and O–H groups in total. The molecule has 0 aliphatic heterocycles. The van der Waals surface area contributed by atoms with Crippen LogP contribution in [0.25, 0.3) is 11.4 Å². The molecular formula is C24H23FN4OS. The van der Waals surface area contributed by atoms with Crippen molar-refractivity contribution in [1.29, 1.82) is 0 Å². The summed E-state index contributed by atoms with van der Waals surface area (Å²) in [5, 5.41) is 4.08. The van der Waals surface area contributed by atoms with Crippen LogP contribution >= 0.6 is 11.3 Å². The average molecular weight is 435 g/mol. The quantitative estimate of drug-likeness (QED) is 0.392. The molecule has 0 bridgehead atoms. The third kappa shape index (κ3) is 3.81. The fraction of sp³-hybridized carbons (Fsp3) is 0.250. The molecule has 1 atom stereocenters. The number of aromatic amines is 1. The van der Waals surface area contributed by atoms with Crippen LogP contribution in [0, 0.1) is 12.7 Å². The van der Waals surface area contributed by atoms with Crippen molar-refractivity contribution in [2.24, 2.45) is 0 Å². The molecule has 31 heavy (non-hydrogen) atoms. The van der Waals surface area contributed by atoms with E-state index in [0.29, 0.717) is 17.1 Å². The van der Waals surface area contributed by atoms with Crippen LogP contribution in [0.3, 0.4) is 0 Å². The van der Waals surface area contributed by atoms with Crippen molar-refractivity contribution in [2.45, 2.75) is 32.1 Å². The van der Waals surface area contributed by atoms with Crippen molar-refractivity contribution in [3.05, 3.63) is 76.3 Å². The fourth-order valence-corrected chi connectivity index (χ4v) is 5.27. The zero-order chi connectivity index (χ0) is 21.4. The van der Waals surface area contributed by atoms with Crippen molar-refractivity contribution in [2.75, 3.05) is 12.4 Å². The summed E-state index contributed by atoms with van der Waals surface area (Å²) in [4.78, 5) is 13.5. The summed E-state index contributed by atoms with van der Waals surface area (Å²) >= 11 is 1.65. The van der Waals surface area contributed by atoms with Gasteiger partial charge in [0.05, 0.1) is 18.4 Å². The maximum absolute atomic E-state index is 14.7. The van der Waals surface area contributed by atoms with Gasteiger partial charge >= 0.3 is 0 Å². The summed E-state index contributed by atoms with van der Waals surface area (Å²) in [6.45, 7) is 1.90. The number of ether oxygens (including phenoxy) is 1. The van der Waals surface area contributed by atoms with E-state index in [-0.39, 0.29) is 11.7 Å². The highest BCUT2D eigenvalue weighted by Crippen LogP contribution is 2.43. The molecule has 1 aliphatic rings. The van der Waals surface area contributed by atoms with Crippen molar-refractivity contribution in [3.8, 4) is 17.1 Å². The van der Waals surface area contributed by atoms with E-state index >= 15 is 0 Å². The lowest BCUT2D eigenvalue weighted by atomic mass is 9.85. The van der Waals surface area contributed by atoms with Gasteiger partial charge in [-0.1, -0.05) is 18.2 Å². The van der Waals surface area contributed by atoms with Gasteiger partial charge in [0.15, 0.2) is 5.13 Å². The number of anilines is 2. The summed E-state index contributed by atoms with van der Waals surface area (Å²) in [5.74, 6) is 1.32. The van der Waals surface area contributed by atoms with E-state index in [1.165, 1.54) is 16.5 Å². The van der Waals surface area contributed by atoms with Crippen LogP contribution < -0.4 is 10.1 Å². The summed E-state index contributed by atoms with van der Waals surface area (Å²) in [5.41, 5.74) is 4.30. The molecule has 0 radical (unpaired) electrons. The zero-order valence-electron chi connectivity index (χ0n) is 17.4. The van der Waals surface area contributed by atoms with Gasteiger partial charge in [-0.15, -0.1) is 11.3 Å². The molecule has 2 heterocycles. The standard InChI is InChI=1S/C24H23FN4OS/c1-14-13-26-23(27-14)18-11-10-15(12-19(18)25)28-24-29-22-17(7-5-9-21(22)31-24)16-6-3-4-8-20(16)30-2/h3-4,6,8,10-13,17H,5,7,9H2,1-2H3,(H,26,27)(H,28,29). The Kier molecular flexibility index (Phi) is 5.19. The minimum atomic E-state index is -0.326. The maximum atomic E-state index is 14.7. The summed E-state index contributed by atoms with van der Waals surface area (Å²) < 4.78 is 20.3. The van der Waals surface area contributed by atoms with E-state index < -0.39 is 0 Å². The lowest BCUT2D eigenvalue weighted by Gasteiger charge is -2.23. The zero-order valence-corrected chi connectivity index (χ0v) is 18.2. The number of hydrogen-bond donors (Lipinski definition) is 2. The third-order valence-electron chi connectivity index (χ3n) is 5.65. The first kappa shape index (κ1) is 19.8. The van der Waals surface area contributed by atoms with Crippen LogP contribution in [0.1, 0.15) is 40.6 Å². The molecule has 2 aromatic heterocycles. The number of benzene rings is 2. The van der Waals surface area contributed by atoms with Crippen molar-refractivity contribution < 1.29 is 9.13 Å². The second kappa shape index (κ2) is 8.15. The number of fused-ring (bicyclic) bond motifs is 1. The number of halogens is 1. The van der Waals surface area contributed by atoms with Gasteiger partial charge in [-0.3, -0.25) is 0 Å². The van der Waals surface area contributed by atoms with Gasteiger partial charge in [0.25, 0.3) is 0 Å². The van der Waals surface area contributed by atoms with Gasteiger partial charge in [-0.2, -0.15) is 0 Å². The topological polar surface area (TPSA) is 62.8 Å². The molecule has 0 fully saturated rings. The van der Waals surface area contributed by atoms with Gasteiger partial charge in [0, 0.05) is 33.9 Å². The largest absolute Gasteiger partial charge is 0.496 e. The van der Waals surface area contributed by atoms with E-state index in [1.54, 1.807) is 30.7 Å².